The molecule has 1 heterocycles. The van der Waals surface area contributed by atoms with Crippen molar-refractivity contribution in [1.82, 2.24) is 15.5 Å². The van der Waals surface area contributed by atoms with E-state index in [0.29, 0.717) is 19.5 Å². The molecule has 2 aromatic carbocycles. The number of halogens is 1. The number of nitrogens with one attached hydrogen (secondary N) is 2. The van der Waals surface area contributed by atoms with Crippen LogP contribution in [0.1, 0.15) is 49.4 Å². The molecule has 2 aromatic rings. The summed E-state index contributed by atoms with van der Waals surface area (Å²) >= 11 is 0. The zero-order chi connectivity index (χ0) is 19.8. The van der Waals surface area contributed by atoms with Crippen LogP contribution in [0.15, 0.2) is 59.6 Å². The van der Waals surface area contributed by atoms with Crippen molar-refractivity contribution in [1.29, 1.82) is 0 Å². The molecule has 1 atom stereocenters. The lowest BCUT2D eigenvalue weighted by Gasteiger charge is -2.18. The number of likely N-dealkylation sites (tertiary alicyclic amines) is 1. The van der Waals surface area contributed by atoms with Crippen molar-refractivity contribution in [2.75, 3.05) is 13.1 Å². The Kier molecular flexibility index (Phi) is 9.44. The largest absolute Gasteiger partial charge is 0.357 e. The number of aliphatic imine (C=N–C) groups is 1. The Morgan fingerprint density at radius 2 is 1.90 bits per heavy atom. The highest BCUT2D eigenvalue weighted by atomic mass is 127. The molecule has 1 amide bonds. The van der Waals surface area contributed by atoms with E-state index in [2.05, 4.69) is 54.8 Å². The van der Waals surface area contributed by atoms with Gasteiger partial charge in [0.2, 0.25) is 5.91 Å². The van der Waals surface area contributed by atoms with Crippen LogP contribution in [-0.4, -0.2) is 29.9 Å². The van der Waals surface area contributed by atoms with E-state index >= 15 is 0 Å². The standard InChI is InChI=1S/C23H30N4O.HI/c1-3-24-23(26-18(2)21-11-5-4-6-12-21)25-16-19-9-7-10-20(15-19)17-27-14-8-13-22(27)28;/h4-7,9-12,15,18H,3,8,13-14,16-17H2,1-2H3,(H2,24,25,26);1H. The van der Waals surface area contributed by atoms with Crippen LogP contribution in [0.4, 0.5) is 0 Å². The lowest BCUT2D eigenvalue weighted by atomic mass is 10.1. The number of guanidine groups is 1. The third kappa shape index (κ3) is 7.03. The molecular weight excluding hydrogens is 475 g/mol. The Bertz CT molecular complexity index is 810. The Balaban J connectivity index is 0.00000300. The van der Waals surface area contributed by atoms with E-state index in [4.69, 9.17) is 4.99 Å². The van der Waals surface area contributed by atoms with E-state index in [0.717, 1.165) is 31.0 Å². The fourth-order valence-electron chi connectivity index (χ4n) is 3.44. The molecule has 1 unspecified atom stereocenters. The smallest absolute Gasteiger partial charge is 0.222 e. The Morgan fingerprint density at radius 1 is 1.14 bits per heavy atom. The van der Waals surface area contributed by atoms with E-state index in [-0.39, 0.29) is 35.9 Å². The number of benzene rings is 2. The summed E-state index contributed by atoms with van der Waals surface area (Å²) in [5.41, 5.74) is 3.54. The van der Waals surface area contributed by atoms with Gasteiger partial charge in [0.15, 0.2) is 5.96 Å². The molecule has 5 nitrogen and oxygen atoms in total. The zero-order valence-corrected chi connectivity index (χ0v) is 19.6. The number of amides is 1. The van der Waals surface area contributed by atoms with Crippen molar-refractivity contribution >= 4 is 35.8 Å². The Hall–Kier alpha value is -2.09. The van der Waals surface area contributed by atoms with Crippen molar-refractivity contribution in [2.45, 2.75) is 45.8 Å². The molecule has 0 radical (unpaired) electrons. The summed E-state index contributed by atoms with van der Waals surface area (Å²) < 4.78 is 0. The number of rotatable bonds is 7. The van der Waals surface area contributed by atoms with Crippen molar-refractivity contribution in [2.24, 2.45) is 4.99 Å². The van der Waals surface area contributed by atoms with Gasteiger partial charge < -0.3 is 15.5 Å². The van der Waals surface area contributed by atoms with Gasteiger partial charge in [-0.1, -0.05) is 54.6 Å². The van der Waals surface area contributed by atoms with Gasteiger partial charge in [0.25, 0.3) is 0 Å². The third-order valence-corrected chi connectivity index (χ3v) is 4.95. The minimum atomic E-state index is 0. The van der Waals surface area contributed by atoms with Crippen LogP contribution in [-0.2, 0) is 17.9 Å². The van der Waals surface area contributed by atoms with Gasteiger partial charge in [-0.3, -0.25) is 4.79 Å². The summed E-state index contributed by atoms with van der Waals surface area (Å²) in [5.74, 6) is 1.07. The van der Waals surface area contributed by atoms with Crippen LogP contribution in [0, 0.1) is 0 Å². The molecule has 29 heavy (non-hydrogen) atoms. The highest BCUT2D eigenvalue weighted by Crippen LogP contribution is 2.16. The van der Waals surface area contributed by atoms with Crippen LogP contribution in [0.25, 0.3) is 0 Å². The summed E-state index contributed by atoms with van der Waals surface area (Å²) in [6, 6.07) is 18.9. The molecule has 1 fully saturated rings. The molecule has 6 heteroatoms. The number of hydrogen-bond donors (Lipinski definition) is 2. The van der Waals surface area contributed by atoms with Gasteiger partial charge in [-0.05, 0) is 37.0 Å². The number of nitrogens with zero attached hydrogens (tertiary/aromatic N) is 2. The molecular formula is C23H31IN4O. The zero-order valence-electron chi connectivity index (χ0n) is 17.2. The fourth-order valence-corrected chi connectivity index (χ4v) is 3.44. The van der Waals surface area contributed by atoms with E-state index in [9.17, 15) is 4.79 Å². The van der Waals surface area contributed by atoms with Gasteiger partial charge >= 0.3 is 0 Å². The quantitative estimate of drug-likeness (QED) is 0.336. The van der Waals surface area contributed by atoms with Crippen LogP contribution in [0.2, 0.25) is 0 Å². The minimum absolute atomic E-state index is 0. The number of carbonyl (C=O) groups excluding carboxylic acids is 1. The second-order valence-electron chi connectivity index (χ2n) is 7.21. The third-order valence-electron chi connectivity index (χ3n) is 4.95. The summed E-state index contributed by atoms with van der Waals surface area (Å²) in [6.45, 7) is 7.17. The lowest BCUT2D eigenvalue weighted by molar-refractivity contribution is -0.128. The molecule has 0 aromatic heterocycles. The average molecular weight is 506 g/mol. The van der Waals surface area contributed by atoms with E-state index in [1.54, 1.807) is 0 Å². The van der Waals surface area contributed by atoms with Gasteiger partial charge in [-0.25, -0.2) is 4.99 Å². The van der Waals surface area contributed by atoms with Gasteiger partial charge in [0.1, 0.15) is 0 Å². The highest BCUT2D eigenvalue weighted by Gasteiger charge is 2.19. The van der Waals surface area contributed by atoms with E-state index in [1.807, 2.05) is 29.2 Å². The van der Waals surface area contributed by atoms with E-state index < -0.39 is 0 Å². The Morgan fingerprint density at radius 3 is 2.59 bits per heavy atom. The van der Waals surface area contributed by atoms with Crippen LogP contribution in [0.3, 0.4) is 0 Å². The first-order chi connectivity index (χ1) is 13.7. The van der Waals surface area contributed by atoms with Crippen LogP contribution < -0.4 is 10.6 Å². The molecule has 0 bridgehead atoms. The van der Waals surface area contributed by atoms with Crippen LogP contribution in [0.5, 0.6) is 0 Å². The summed E-state index contributed by atoms with van der Waals surface area (Å²) in [7, 11) is 0. The van der Waals surface area contributed by atoms with Crippen molar-refractivity contribution < 1.29 is 4.79 Å². The summed E-state index contributed by atoms with van der Waals surface area (Å²) in [5, 5.41) is 6.79. The second-order valence-corrected chi connectivity index (χ2v) is 7.21. The lowest BCUT2D eigenvalue weighted by Crippen LogP contribution is -2.38. The first-order valence-electron chi connectivity index (χ1n) is 10.1. The van der Waals surface area contributed by atoms with Crippen LogP contribution >= 0.6 is 24.0 Å². The fraction of sp³-hybridized carbons (Fsp3) is 0.391. The normalized spacial score (nSPS) is 15.0. The molecule has 3 rings (SSSR count). The molecule has 1 aliphatic heterocycles. The van der Waals surface area contributed by atoms with Gasteiger partial charge in [-0.15, -0.1) is 24.0 Å². The SMILES string of the molecule is CCNC(=NCc1cccc(CN2CCCC2=O)c1)NC(C)c1ccccc1.I. The topological polar surface area (TPSA) is 56.7 Å². The molecule has 2 N–H and O–H groups in total. The summed E-state index contributed by atoms with van der Waals surface area (Å²) in [6.07, 6.45) is 1.65. The molecule has 156 valence electrons. The monoisotopic (exact) mass is 506 g/mol. The maximum Gasteiger partial charge on any atom is 0.222 e. The first-order valence-corrected chi connectivity index (χ1v) is 10.1. The molecule has 0 spiro atoms. The molecule has 0 aliphatic carbocycles. The van der Waals surface area contributed by atoms with Gasteiger partial charge in [-0.2, -0.15) is 0 Å². The molecule has 0 saturated carbocycles. The molecule has 1 saturated heterocycles. The maximum absolute atomic E-state index is 11.9. The Labute approximate surface area is 191 Å². The number of carbonyl (C=O) groups is 1. The van der Waals surface area contributed by atoms with Crippen molar-refractivity contribution in [3.63, 3.8) is 0 Å². The van der Waals surface area contributed by atoms with Gasteiger partial charge in [0.05, 0.1) is 12.6 Å². The number of hydrogen-bond acceptors (Lipinski definition) is 2. The molecule has 1 aliphatic rings. The maximum atomic E-state index is 11.9. The van der Waals surface area contributed by atoms with Gasteiger partial charge in [0, 0.05) is 26.1 Å². The van der Waals surface area contributed by atoms with Crippen molar-refractivity contribution in [3.8, 4) is 0 Å². The second kappa shape index (κ2) is 11.8. The van der Waals surface area contributed by atoms with Crippen molar-refractivity contribution in [3.05, 3.63) is 71.3 Å². The highest BCUT2D eigenvalue weighted by molar-refractivity contribution is 14.0. The predicted molar refractivity (Wildman–Crippen MR) is 129 cm³/mol. The van der Waals surface area contributed by atoms with E-state index in [1.165, 1.54) is 11.1 Å². The predicted octanol–water partition coefficient (Wildman–Crippen LogP) is 4.24. The minimum Gasteiger partial charge on any atom is -0.357 e. The average Bonchev–Trinajstić information content (AvgIpc) is 3.12. The summed E-state index contributed by atoms with van der Waals surface area (Å²) in [4.78, 5) is 18.5. The first kappa shape index (κ1) is 23.2.